The summed E-state index contributed by atoms with van der Waals surface area (Å²) in [5, 5.41) is 2.97. The number of nitrogens with zero attached hydrogens (tertiary/aromatic N) is 3. The lowest BCUT2D eigenvalue weighted by Crippen LogP contribution is -2.36. The molecule has 17 heavy (non-hydrogen) atoms. The van der Waals surface area contributed by atoms with Crippen molar-refractivity contribution in [1.82, 2.24) is 14.9 Å². The lowest BCUT2D eigenvalue weighted by molar-refractivity contribution is 0.257. The van der Waals surface area contributed by atoms with E-state index in [2.05, 4.69) is 34.2 Å². The summed E-state index contributed by atoms with van der Waals surface area (Å²) in [4.78, 5) is 9.71. The average molecular weight is 239 g/mol. The second-order valence-electron chi connectivity index (χ2n) is 4.55. The van der Waals surface area contributed by atoms with Gasteiger partial charge in [-0.3, -0.25) is 4.90 Å². The van der Waals surface area contributed by atoms with Gasteiger partial charge in [-0.2, -0.15) is 4.98 Å². The predicted molar refractivity (Wildman–Crippen MR) is 65.1 cm³/mol. The third-order valence-electron chi connectivity index (χ3n) is 3.15. The van der Waals surface area contributed by atoms with E-state index in [1.807, 2.05) is 0 Å². The smallest absolute Gasteiger partial charge is 0.222 e. The minimum Gasteiger partial charge on any atom is -0.368 e. The molecule has 0 aromatic carbocycles. The number of nitrogens with one attached hydrogen (secondary N) is 1. The summed E-state index contributed by atoms with van der Waals surface area (Å²) in [5.74, 6) is -0.217. The first kappa shape index (κ1) is 12.0. The molecule has 1 aliphatic rings. The van der Waals surface area contributed by atoms with Crippen molar-refractivity contribution in [2.75, 3.05) is 24.6 Å². The van der Waals surface area contributed by atoms with Gasteiger partial charge < -0.3 is 11.1 Å². The second-order valence-corrected chi connectivity index (χ2v) is 4.55. The highest BCUT2D eigenvalue weighted by atomic mass is 19.1. The van der Waals surface area contributed by atoms with Crippen LogP contribution >= 0.6 is 0 Å². The molecule has 0 radical (unpaired) electrons. The Hall–Kier alpha value is -1.43. The molecule has 3 N–H and O–H groups in total. The van der Waals surface area contributed by atoms with Gasteiger partial charge in [-0.05, 0) is 26.8 Å². The summed E-state index contributed by atoms with van der Waals surface area (Å²) in [7, 11) is 2.09. The van der Waals surface area contributed by atoms with Gasteiger partial charge in [-0.15, -0.1) is 0 Å². The fourth-order valence-corrected chi connectivity index (χ4v) is 1.73. The fraction of sp³-hybridized carbons (Fsp3) is 0.636. The minimum absolute atomic E-state index is 0.0806. The molecule has 2 rings (SSSR count). The molecule has 1 aliphatic carbocycles. The molecule has 94 valence electrons. The highest BCUT2D eigenvalue weighted by molar-refractivity contribution is 5.39. The Balaban J connectivity index is 1.90. The number of anilines is 2. The molecular formula is C11H18FN5. The zero-order valence-corrected chi connectivity index (χ0v) is 10.2. The average Bonchev–Trinajstić information content (AvgIpc) is 3.13. The number of aromatic nitrogens is 2. The van der Waals surface area contributed by atoms with E-state index in [-0.39, 0.29) is 11.8 Å². The number of halogens is 1. The van der Waals surface area contributed by atoms with Gasteiger partial charge in [0, 0.05) is 18.6 Å². The van der Waals surface area contributed by atoms with Crippen molar-refractivity contribution >= 4 is 11.8 Å². The van der Waals surface area contributed by atoms with Gasteiger partial charge in [0.05, 0.1) is 6.20 Å². The van der Waals surface area contributed by atoms with Crippen LogP contribution in [0.4, 0.5) is 16.2 Å². The van der Waals surface area contributed by atoms with Crippen molar-refractivity contribution < 1.29 is 4.39 Å². The van der Waals surface area contributed by atoms with Crippen molar-refractivity contribution in [2.45, 2.75) is 31.8 Å². The molecule has 1 heterocycles. The molecule has 1 saturated carbocycles. The normalized spacial score (nSPS) is 17.2. The molecular weight excluding hydrogens is 221 g/mol. The maximum absolute atomic E-state index is 13.3. The zero-order chi connectivity index (χ0) is 12.4. The van der Waals surface area contributed by atoms with Crippen LogP contribution in [0.3, 0.4) is 0 Å². The van der Waals surface area contributed by atoms with E-state index in [1.165, 1.54) is 12.8 Å². The summed E-state index contributed by atoms with van der Waals surface area (Å²) >= 11 is 0. The standard InChI is InChI=1S/C11H18FN5/c1-7(17(2)8-3-4-8)5-14-10-9(12)6-15-11(13)16-10/h6-8H,3-5H2,1-2H3,(H3,13,14,15,16). The largest absolute Gasteiger partial charge is 0.368 e. The van der Waals surface area contributed by atoms with E-state index in [4.69, 9.17) is 5.73 Å². The van der Waals surface area contributed by atoms with Gasteiger partial charge >= 0.3 is 0 Å². The maximum Gasteiger partial charge on any atom is 0.222 e. The lowest BCUT2D eigenvalue weighted by Gasteiger charge is -2.24. The van der Waals surface area contributed by atoms with Crippen LogP contribution in [0.5, 0.6) is 0 Å². The van der Waals surface area contributed by atoms with Crippen LogP contribution < -0.4 is 11.1 Å². The van der Waals surface area contributed by atoms with Gasteiger partial charge in [0.15, 0.2) is 11.6 Å². The van der Waals surface area contributed by atoms with E-state index in [9.17, 15) is 4.39 Å². The Kier molecular flexibility index (Phi) is 3.42. The molecule has 0 bridgehead atoms. The van der Waals surface area contributed by atoms with Gasteiger partial charge in [0.25, 0.3) is 0 Å². The first-order valence-electron chi connectivity index (χ1n) is 5.81. The first-order chi connectivity index (χ1) is 8.08. The van der Waals surface area contributed by atoms with E-state index in [1.54, 1.807) is 0 Å². The monoisotopic (exact) mass is 239 g/mol. The van der Waals surface area contributed by atoms with E-state index in [0.717, 1.165) is 6.20 Å². The van der Waals surface area contributed by atoms with E-state index < -0.39 is 5.82 Å². The maximum atomic E-state index is 13.3. The summed E-state index contributed by atoms with van der Waals surface area (Å²) in [6.07, 6.45) is 3.60. The van der Waals surface area contributed by atoms with Crippen LogP contribution in [0.25, 0.3) is 0 Å². The molecule has 0 saturated heterocycles. The Morgan fingerprint density at radius 3 is 3.00 bits per heavy atom. The van der Waals surface area contributed by atoms with Crippen LogP contribution in [0.1, 0.15) is 19.8 Å². The minimum atomic E-state index is -0.472. The summed E-state index contributed by atoms with van der Waals surface area (Å²) in [6, 6.07) is 1.02. The van der Waals surface area contributed by atoms with Crippen molar-refractivity contribution in [2.24, 2.45) is 0 Å². The number of nitrogens with two attached hydrogens (primary N) is 1. The summed E-state index contributed by atoms with van der Waals surface area (Å²) in [6.45, 7) is 2.74. The van der Waals surface area contributed by atoms with Gasteiger partial charge in [-0.25, -0.2) is 9.37 Å². The molecule has 6 heteroatoms. The van der Waals surface area contributed by atoms with Crippen LogP contribution in [-0.2, 0) is 0 Å². The highest BCUT2D eigenvalue weighted by Crippen LogP contribution is 2.26. The predicted octanol–water partition coefficient (Wildman–Crippen LogP) is 1.09. The molecule has 0 aliphatic heterocycles. The van der Waals surface area contributed by atoms with Crippen LogP contribution in [-0.4, -0.2) is 40.5 Å². The van der Waals surface area contributed by atoms with Crippen molar-refractivity contribution in [3.05, 3.63) is 12.0 Å². The molecule has 1 fully saturated rings. The Bertz CT molecular complexity index is 393. The van der Waals surface area contributed by atoms with Gasteiger partial charge in [-0.1, -0.05) is 0 Å². The lowest BCUT2D eigenvalue weighted by atomic mass is 10.3. The number of hydrogen-bond acceptors (Lipinski definition) is 5. The zero-order valence-electron chi connectivity index (χ0n) is 10.2. The number of nitrogen functional groups attached to an aromatic ring is 1. The van der Waals surface area contributed by atoms with E-state index in [0.29, 0.717) is 18.6 Å². The molecule has 5 nitrogen and oxygen atoms in total. The summed E-state index contributed by atoms with van der Waals surface area (Å²) < 4.78 is 13.3. The second kappa shape index (κ2) is 4.83. The number of hydrogen-bond donors (Lipinski definition) is 2. The molecule has 1 aromatic rings. The van der Waals surface area contributed by atoms with Crippen LogP contribution in [0.15, 0.2) is 6.20 Å². The molecule has 0 spiro atoms. The van der Waals surface area contributed by atoms with Crippen molar-refractivity contribution in [3.63, 3.8) is 0 Å². The van der Waals surface area contributed by atoms with Crippen LogP contribution in [0.2, 0.25) is 0 Å². The molecule has 0 amide bonds. The Morgan fingerprint density at radius 1 is 1.65 bits per heavy atom. The topological polar surface area (TPSA) is 67.1 Å². The van der Waals surface area contributed by atoms with E-state index >= 15 is 0 Å². The van der Waals surface area contributed by atoms with Gasteiger partial charge in [0.1, 0.15) is 0 Å². The summed E-state index contributed by atoms with van der Waals surface area (Å²) in [5.41, 5.74) is 5.41. The van der Waals surface area contributed by atoms with Crippen molar-refractivity contribution in [3.8, 4) is 0 Å². The molecule has 1 aromatic heterocycles. The SMILES string of the molecule is CC(CNc1nc(N)ncc1F)N(C)C1CC1. The number of likely N-dealkylation sites (N-methyl/N-ethyl adjacent to an activating group) is 1. The highest BCUT2D eigenvalue weighted by Gasteiger charge is 2.28. The fourth-order valence-electron chi connectivity index (χ4n) is 1.73. The van der Waals surface area contributed by atoms with Crippen molar-refractivity contribution in [1.29, 1.82) is 0 Å². The Labute approximate surface area is 100 Å². The third kappa shape index (κ3) is 3.03. The number of rotatable bonds is 5. The third-order valence-corrected chi connectivity index (χ3v) is 3.15. The quantitative estimate of drug-likeness (QED) is 0.805. The first-order valence-corrected chi connectivity index (χ1v) is 5.81. The Morgan fingerprint density at radius 2 is 2.35 bits per heavy atom. The van der Waals surface area contributed by atoms with Crippen LogP contribution in [0, 0.1) is 5.82 Å². The molecule has 1 unspecified atom stereocenters. The van der Waals surface area contributed by atoms with Gasteiger partial charge in [0.2, 0.25) is 5.95 Å². The molecule has 1 atom stereocenters.